The molecule has 3 rings (SSSR count). The number of ether oxygens (including phenoxy) is 1. The Morgan fingerprint density at radius 2 is 1.97 bits per heavy atom. The van der Waals surface area contributed by atoms with Gasteiger partial charge in [-0.15, -0.1) is 0 Å². The molecular formula is C21H28N6O2. The van der Waals surface area contributed by atoms with Crippen LogP contribution in [0, 0.1) is 0 Å². The Hall–Kier alpha value is -3.13. The molecule has 154 valence electrons. The molecule has 8 nitrogen and oxygen atoms in total. The van der Waals surface area contributed by atoms with Crippen molar-refractivity contribution in [2.75, 3.05) is 25.0 Å². The minimum absolute atomic E-state index is 0.177. The third kappa shape index (κ3) is 5.68. The zero-order valence-corrected chi connectivity index (χ0v) is 17.2. The number of carbonyl (C=O) groups excluding carboxylic acids is 1. The Morgan fingerprint density at radius 3 is 2.62 bits per heavy atom. The molecule has 1 amide bonds. The first-order valence-corrected chi connectivity index (χ1v) is 9.84. The quantitative estimate of drug-likeness (QED) is 0.570. The average molecular weight is 396 g/mol. The van der Waals surface area contributed by atoms with Gasteiger partial charge in [-0.1, -0.05) is 13.8 Å². The lowest BCUT2D eigenvalue weighted by Crippen LogP contribution is -2.27. The summed E-state index contributed by atoms with van der Waals surface area (Å²) in [6.45, 7) is 8.43. The Morgan fingerprint density at radius 1 is 1.21 bits per heavy atom. The van der Waals surface area contributed by atoms with Gasteiger partial charge in [0.05, 0.1) is 18.4 Å². The zero-order valence-electron chi connectivity index (χ0n) is 17.2. The predicted octanol–water partition coefficient (Wildman–Crippen LogP) is 2.79. The summed E-state index contributed by atoms with van der Waals surface area (Å²) in [7, 11) is 1.92. The summed E-state index contributed by atoms with van der Waals surface area (Å²) in [6, 6.07) is 7.05. The van der Waals surface area contributed by atoms with Crippen LogP contribution in [0.15, 0.2) is 49.1 Å². The average Bonchev–Trinajstić information content (AvgIpc) is 3.36. The number of imidazole rings is 1. The number of nitrogens with one attached hydrogen (secondary N) is 1. The summed E-state index contributed by atoms with van der Waals surface area (Å²) in [6.07, 6.45) is 7.13. The predicted molar refractivity (Wildman–Crippen MR) is 112 cm³/mol. The molecule has 0 spiro atoms. The van der Waals surface area contributed by atoms with Crippen molar-refractivity contribution >= 4 is 11.6 Å². The Labute approximate surface area is 171 Å². The van der Waals surface area contributed by atoms with Crippen LogP contribution in [0.1, 0.15) is 30.0 Å². The van der Waals surface area contributed by atoms with Gasteiger partial charge in [-0.2, -0.15) is 5.10 Å². The lowest BCUT2D eigenvalue weighted by Gasteiger charge is -2.17. The van der Waals surface area contributed by atoms with Gasteiger partial charge < -0.3 is 19.5 Å². The highest BCUT2D eigenvalue weighted by molar-refractivity contribution is 6.04. The molecule has 0 saturated heterocycles. The Bertz CT molecular complexity index is 911. The highest BCUT2D eigenvalue weighted by Crippen LogP contribution is 2.15. The largest absolute Gasteiger partial charge is 0.486 e. The summed E-state index contributed by atoms with van der Waals surface area (Å²) in [4.78, 5) is 19.0. The van der Waals surface area contributed by atoms with Gasteiger partial charge in [0.1, 0.15) is 18.2 Å². The number of hydrogen-bond donors (Lipinski definition) is 1. The first kappa shape index (κ1) is 20.6. The van der Waals surface area contributed by atoms with Crippen LogP contribution in [0.2, 0.25) is 0 Å². The normalized spacial score (nSPS) is 11.0. The van der Waals surface area contributed by atoms with Crippen LogP contribution in [0.3, 0.4) is 0 Å². The SMILES string of the molecule is CCN(CC)CCn1cc(NC(=O)c2ccc(OCc3nccn3C)cc2)cn1. The second-order valence-corrected chi connectivity index (χ2v) is 6.74. The molecule has 0 saturated carbocycles. The summed E-state index contributed by atoms with van der Waals surface area (Å²) < 4.78 is 9.48. The van der Waals surface area contributed by atoms with Crippen LogP contribution in [0.5, 0.6) is 5.75 Å². The van der Waals surface area contributed by atoms with Crippen molar-refractivity contribution in [1.82, 2.24) is 24.2 Å². The molecule has 3 aromatic rings. The molecule has 1 aromatic carbocycles. The second-order valence-electron chi connectivity index (χ2n) is 6.74. The van der Waals surface area contributed by atoms with E-state index >= 15 is 0 Å². The van der Waals surface area contributed by atoms with Crippen molar-refractivity contribution in [3.05, 3.63) is 60.4 Å². The molecule has 2 heterocycles. The highest BCUT2D eigenvalue weighted by Gasteiger charge is 2.09. The van der Waals surface area contributed by atoms with Crippen molar-refractivity contribution in [2.24, 2.45) is 7.05 Å². The summed E-state index contributed by atoms with van der Waals surface area (Å²) in [5.74, 6) is 1.35. The standard InChI is InChI=1S/C21H28N6O2/c1-4-26(5-2)12-13-27-15-18(14-23-27)24-21(28)17-6-8-19(9-7-17)29-16-20-22-10-11-25(20)3/h6-11,14-15H,4-5,12-13,16H2,1-3H3,(H,24,28). The van der Waals surface area contributed by atoms with Crippen molar-refractivity contribution < 1.29 is 9.53 Å². The Balaban J connectivity index is 1.51. The van der Waals surface area contributed by atoms with Gasteiger partial charge in [0, 0.05) is 37.7 Å². The fraction of sp³-hybridized carbons (Fsp3) is 0.381. The number of nitrogens with zero attached hydrogens (tertiary/aromatic N) is 5. The molecular weight excluding hydrogens is 368 g/mol. The van der Waals surface area contributed by atoms with Crippen LogP contribution >= 0.6 is 0 Å². The van der Waals surface area contributed by atoms with Gasteiger partial charge in [-0.05, 0) is 37.4 Å². The number of anilines is 1. The van der Waals surface area contributed by atoms with E-state index in [0.717, 1.165) is 32.0 Å². The molecule has 0 aliphatic carbocycles. The van der Waals surface area contributed by atoms with Crippen molar-refractivity contribution in [3.8, 4) is 5.75 Å². The summed E-state index contributed by atoms with van der Waals surface area (Å²) in [5, 5.41) is 7.21. The molecule has 0 bridgehead atoms. The topological polar surface area (TPSA) is 77.2 Å². The molecule has 8 heteroatoms. The summed E-state index contributed by atoms with van der Waals surface area (Å²) in [5.41, 5.74) is 1.25. The molecule has 0 atom stereocenters. The third-order valence-corrected chi connectivity index (χ3v) is 4.84. The Kier molecular flexibility index (Phi) is 7.02. The molecule has 0 aliphatic heterocycles. The molecule has 0 aliphatic rings. The fourth-order valence-corrected chi connectivity index (χ4v) is 2.92. The second kappa shape index (κ2) is 9.88. The molecule has 1 N–H and O–H groups in total. The van der Waals surface area contributed by atoms with Gasteiger partial charge in [-0.3, -0.25) is 9.48 Å². The van der Waals surface area contributed by atoms with Crippen molar-refractivity contribution in [3.63, 3.8) is 0 Å². The maximum absolute atomic E-state index is 12.5. The van der Waals surface area contributed by atoms with Crippen molar-refractivity contribution in [1.29, 1.82) is 0 Å². The maximum Gasteiger partial charge on any atom is 0.255 e. The fourth-order valence-electron chi connectivity index (χ4n) is 2.92. The van der Waals surface area contributed by atoms with E-state index in [4.69, 9.17) is 4.74 Å². The van der Waals surface area contributed by atoms with Crippen LogP contribution in [0.4, 0.5) is 5.69 Å². The van der Waals surface area contributed by atoms with E-state index in [1.165, 1.54) is 0 Å². The molecule has 29 heavy (non-hydrogen) atoms. The monoisotopic (exact) mass is 396 g/mol. The number of aromatic nitrogens is 4. The van der Waals surface area contributed by atoms with Gasteiger partial charge in [0.15, 0.2) is 0 Å². The number of amides is 1. The van der Waals surface area contributed by atoms with E-state index in [1.54, 1.807) is 36.7 Å². The van der Waals surface area contributed by atoms with Crippen LogP contribution in [-0.4, -0.2) is 49.8 Å². The minimum Gasteiger partial charge on any atom is -0.486 e. The summed E-state index contributed by atoms with van der Waals surface area (Å²) >= 11 is 0. The van der Waals surface area contributed by atoms with Gasteiger partial charge in [0.2, 0.25) is 0 Å². The molecule has 0 unspecified atom stereocenters. The number of benzene rings is 1. The van der Waals surface area contributed by atoms with E-state index < -0.39 is 0 Å². The van der Waals surface area contributed by atoms with Crippen molar-refractivity contribution in [2.45, 2.75) is 27.0 Å². The van der Waals surface area contributed by atoms with Crippen LogP contribution in [-0.2, 0) is 20.2 Å². The van der Waals surface area contributed by atoms with E-state index in [-0.39, 0.29) is 5.91 Å². The lowest BCUT2D eigenvalue weighted by atomic mass is 10.2. The zero-order chi connectivity index (χ0) is 20.6. The maximum atomic E-state index is 12.5. The van der Waals surface area contributed by atoms with E-state index in [0.29, 0.717) is 23.6 Å². The van der Waals surface area contributed by atoms with Crippen LogP contribution < -0.4 is 10.1 Å². The molecule has 2 aromatic heterocycles. The molecule has 0 radical (unpaired) electrons. The van der Waals surface area contributed by atoms with E-state index in [1.807, 2.05) is 28.7 Å². The van der Waals surface area contributed by atoms with Crippen LogP contribution in [0.25, 0.3) is 0 Å². The number of likely N-dealkylation sites (N-methyl/N-ethyl adjacent to an activating group) is 1. The van der Waals surface area contributed by atoms with E-state index in [9.17, 15) is 4.79 Å². The van der Waals surface area contributed by atoms with E-state index in [2.05, 4.69) is 34.1 Å². The minimum atomic E-state index is -0.177. The van der Waals surface area contributed by atoms with Gasteiger partial charge in [-0.25, -0.2) is 4.98 Å². The first-order chi connectivity index (χ1) is 14.1. The highest BCUT2D eigenvalue weighted by atomic mass is 16.5. The smallest absolute Gasteiger partial charge is 0.255 e. The number of carbonyl (C=O) groups is 1. The number of rotatable bonds is 10. The van der Waals surface area contributed by atoms with Gasteiger partial charge >= 0.3 is 0 Å². The first-order valence-electron chi connectivity index (χ1n) is 9.84. The number of hydrogen-bond acceptors (Lipinski definition) is 5. The molecule has 0 fully saturated rings. The van der Waals surface area contributed by atoms with Gasteiger partial charge in [0.25, 0.3) is 5.91 Å². The number of aryl methyl sites for hydroxylation is 1. The third-order valence-electron chi connectivity index (χ3n) is 4.84. The lowest BCUT2D eigenvalue weighted by molar-refractivity contribution is 0.102.